The Morgan fingerprint density at radius 2 is 0.773 bits per heavy atom. The van der Waals surface area contributed by atoms with Gasteiger partial charge in [-0.2, -0.15) is 0 Å². The van der Waals surface area contributed by atoms with Crippen LogP contribution >= 0.6 is 0 Å². The fourth-order valence-corrected chi connectivity index (χ4v) is 5.85. The van der Waals surface area contributed by atoms with E-state index >= 15 is 0 Å². The molecule has 3 N–H and O–H groups in total. The Hall–Kier alpha value is -1.89. The van der Waals surface area contributed by atoms with Gasteiger partial charge in [0.25, 0.3) is 0 Å². The number of quaternary nitrogens is 1. The molecular weight excluding hydrogens is 554 g/mol. The van der Waals surface area contributed by atoms with Gasteiger partial charge < -0.3 is 19.8 Å². The molecule has 0 saturated heterocycles. The smallest absolute Gasteiger partial charge is 0.306 e. The van der Waals surface area contributed by atoms with E-state index in [1.165, 1.54) is 103 Å². The van der Waals surface area contributed by atoms with Crippen LogP contribution in [0, 0.1) is 17.8 Å². The van der Waals surface area contributed by atoms with Gasteiger partial charge in [0.2, 0.25) is 0 Å². The van der Waals surface area contributed by atoms with Crippen molar-refractivity contribution in [3.05, 3.63) is 12.2 Å². The molecule has 0 aromatic heterocycles. The number of rotatable bonds is 32. The van der Waals surface area contributed by atoms with E-state index in [1.54, 1.807) is 20.8 Å². The maximum absolute atomic E-state index is 11.5. The zero-order valence-corrected chi connectivity index (χ0v) is 29.1. The molecule has 0 aliphatic rings. The average Bonchev–Trinajstić information content (AvgIpc) is 2.99. The number of aliphatic carboxylic acids is 3. The molecule has 3 atom stereocenters. The largest absolute Gasteiger partial charge is 0.481 e. The molecule has 0 aromatic rings. The third-order valence-corrected chi connectivity index (χ3v) is 9.50. The summed E-state index contributed by atoms with van der Waals surface area (Å²) in [6.45, 7) is 10.1. The highest BCUT2D eigenvalue weighted by atomic mass is 16.4. The van der Waals surface area contributed by atoms with Gasteiger partial charge in [-0.3, -0.25) is 14.4 Å². The average molecular weight is 625 g/mol. The molecule has 0 aliphatic heterocycles. The maximum atomic E-state index is 11.5. The van der Waals surface area contributed by atoms with Crippen LogP contribution in [0.25, 0.3) is 0 Å². The summed E-state index contributed by atoms with van der Waals surface area (Å²) < 4.78 is 0.614. The van der Waals surface area contributed by atoms with Crippen molar-refractivity contribution < 1.29 is 34.2 Å². The summed E-state index contributed by atoms with van der Waals surface area (Å²) in [5.41, 5.74) is 0. The lowest BCUT2D eigenvalue weighted by molar-refractivity contribution is -0.929. The highest BCUT2D eigenvalue weighted by Crippen LogP contribution is 2.22. The van der Waals surface area contributed by atoms with Crippen LogP contribution in [0.4, 0.5) is 0 Å². The van der Waals surface area contributed by atoms with Gasteiger partial charge in [0.05, 0.1) is 43.9 Å². The molecule has 0 rings (SSSR count). The van der Waals surface area contributed by atoms with E-state index in [9.17, 15) is 29.7 Å². The second-order valence-electron chi connectivity index (χ2n) is 13.7. The predicted molar refractivity (Wildman–Crippen MR) is 182 cm³/mol. The van der Waals surface area contributed by atoms with Crippen LogP contribution in [0.5, 0.6) is 0 Å². The van der Waals surface area contributed by atoms with Crippen LogP contribution in [0.3, 0.4) is 0 Å². The summed E-state index contributed by atoms with van der Waals surface area (Å²) in [6.07, 6.45) is 29.3. The zero-order valence-electron chi connectivity index (χ0n) is 29.1. The Kier molecular flexibility index (Phi) is 26.2. The minimum atomic E-state index is -0.822. The normalized spacial score (nSPS) is 15.2. The highest BCUT2D eigenvalue weighted by Gasteiger charge is 2.31. The molecule has 0 bridgehead atoms. The molecule has 0 amide bonds. The Balaban J connectivity index is 4.37. The molecule has 44 heavy (non-hydrogen) atoms. The van der Waals surface area contributed by atoms with Crippen LogP contribution in [-0.4, -0.2) is 63.9 Å². The van der Waals surface area contributed by atoms with Crippen LogP contribution in [0.15, 0.2) is 12.2 Å². The van der Waals surface area contributed by atoms with Crippen molar-refractivity contribution in [2.75, 3.05) is 26.2 Å². The summed E-state index contributed by atoms with van der Waals surface area (Å²) in [6, 6.07) is 0. The number of carboxylic acids is 3. The molecule has 0 heterocycles. The number of allylic oxidation sites excluding steroid dienone is 2. The molecule has 0 aromatic carbocycles. The first-order chi connectivity index (χ1) is 21.0. The van der Waals surface area contributed by atoms with Gasteiger partial charge in [0.15, 0.2) is 0 Å². The van der Waals surface area contributed by atoms with E-state index in [1.807, 2.05) is 0 Å². The van der Waals surface area contributed by atoms with Gasteiger partial charge in [-0.1, -0.05) is 123 Å². The molecule has 7 heteroatoms. The van der Waals surface area contributed by atoms with Gasteiger partial charge in [-0.05, 0) is 32.1 Å². The van der Waals surface area contributed by atoms with Crippen LogP contribution in [0.2, 0.25) is 0 Å². The topological polar surface area (TPSA) is 112 Å². The van der Waals surface area contributed by atoms with Crippen molar-refractivity contribution in [2.45, 2.75) is 163 Å². The van der Waals surface area contributed by atoms with Gasteiger partial charge in [0.1, 0.15) is 0 Å². The SMILES string of the molecule is CCC/C=C/CCCCCCCCCCCCCCCCC[N+](CCC(C)C(=O)O)(CCC(C)C(=O)O)CCC(C)C(=O)O. The summed E-state index contributed by atoms with van der Waals surface area (Å²) >= 11 is 0. The number of carbonyl (C=O) groups is 3. The standard InChI is InChI=1S/C37H69NO6/c1-5-6-7-8-9-10-11-12-13-14-15-16-17-18-19-20-21-22-23-24-28-38(29-25-32(2)35(39)40,30-26-33(3)36(41)42)31-27-34(4)37(43)44/h7-8,32-34H,5-6,9-31H2,1-4H3,(H2-,39,40,41,42,43,44)/p+1/b8-7+. The minimum absolute atomic E-state index is 0.478. The number of hydrogen-bond acceptors (Lipinski definition) is 3. The first-order valence-corrected chi connectivity index (χ1v) is 18.2. The fourth-order valence-electron chi connectivity index (χ4n) is 5.85. The van der Waals surface area contributed by atoms with Gasteiger partial charge in [-0.15, -0.1) is 0 Å². The zero-order chi connectivity index (χ0) is 33.1. The van der Waals surface area contributed by atoms with Gasteiger partial charge in [0, 0.05) is 19.3 Å². The summed E-state index contributed by atoms with van der Waals surface area (Å²) in [7, 11) is 0. The Morgan fingerprint density at radius 1 is 0.477 bits per heavy atom. The van der Waals surface area contributed by atoms with Crippen molar-refractivity contribution >= 4 is 17.9 Å². The third kappa shape index (κ3) is 23.5. The second kappa shape index (κ2) is 27.4. The van der Waals surface area contributed by atoms with Crippen LogP contribution < -0.4 is 0 Å². The lowest BCUT2D eigenvalue weighted by atomic mass is 10.0. The molecule has 0 aliphatic carbocycles. The Bertz CT molecular complexity index is 707. The fraction of sp³-hybridized carbons (Fsp3) is 0.865. The highest BCUT2D eigenvalue weighted by molar-refractivity contribution is 5.70. The molecule has 0 radical (unpaired) electrons. The molecule has 7 nitrogen and oxygen atoms in total. The summed E-state index contributed by atoms with van der Waals surface area (Å²) in [5.74, 6) is -3.90. The van der Waals surface area contributed by atoms with Crippen LogP contribution in [-0.2, 0) is 14.4 Å². The number of nitrogens with zero attached hydrogens (tertiary/aromatic N) is 1. The molecule has 3 unspecified atom stereocenters. The lowest BCUT2D eigenvalue weighted by Crippen LogP contribution is -2.52. The predicted octanol–water partition coefficient (Wildman–Crippen LogP) is 9.73. The number of hydrogen-bond donors (Lipinski definition) is 3. The Labute approximate surface area is 270 Å². The molecule has 258 valence electrons. The van der Waals surface area contributed by atoms with Crippen molar-refractivity contribution in [3.63, 3.8) is 0 Å². The molecular formula is C37H70NO6+. The minimum Gasteiger partial charge on any atom is -0.481 e. The van der Waals surface area contributed by atoms with Crippen molar-refractivity contribution in [1.82, 2.24) is 0 Å². The molecule has 0 fully saturated rings. The first kappa shape index (κ1) is 42.1. The number of unbranched alkanes of at least 4 members (excludes halogenated alkanes) is 16. The van der Waals surface area contributed by atoms with E-state index in [2.05, 4.69) is 19.1 Å². The number of carboxylic acid groups (broad SMARTS) is 3. The quantitative estimate of drug-likeness (QED) is 0.0390. The Morgan fingerprint density at radius 3 is 1.09 bits per heavy atom. The van der Waals surface area contributed by atoms with E-state index in [0.29, 0.717) is 43.4 Å². The summed E-state index contributed by atoms with van der Waals surface area (Å²) in [5, 5.41) is 28.3. The second-order valence-corrected chi connectivity index (χ2v) is 13.7. The molecule has 0 spiro atoms. The van der Waals surface area contributed by atoms with Crippen molar-refractivity contribution in [1.29, 1.82) is 0 Å². The maximum Gasteiger partial charge on any atom is 0.306 e. The lowest BCUT2D eigenvalue weighted by Gasteiger charge is -2.40. The van der Waals surface area contributed by atoms with Crippen molar-refractivity contribution in [3.8, 4) is 0 Å². The van der Waals surface area contributed by atoms with E-state index in [0.717, 1.165) is 19.4 Å². The van der Waals surface area contributed by atoms with Gasteiger partial charge >= 0.3 is 17.9 Å². The van der Waals surface area contributed by atoms with Crippen LogP contribution in [0.1, 0.15) is 163 Å². The van der Waals surface area contributed by atoms with Crippen molar-refractivity contribution in [2.24, 2.45) is 17.8 Å². The van der Waals surface area contributed by atoms with Gasteiger partial charge in [-0.25, -0.2) is 0 Å². The van der Waals surface area contributed by atoms with E-state index < -0.39 is 35.7 Å². The summed E-state index contributed by atoms with van der Waals surface area (Å²) in [4.78, 5) is 34.5. The third-order valence-electron chi connectivity index (χ3n) is 9.50. The monoisotopic (exact) mass is 625 g/mol. The molecule has 0 saturated carbocycles. The van der Waals surface area contributed by atoms with E-state index in [4.69, 9.17) is 0 Å². The van der Waals surface area contributed by atoms with E-state index in [-0.39, 0.29) is 0 Å². The first-order valence-electron chi connectivity index (χ1n) is 18.2.